The highest BCUT2D eigenvalue weighted by Crippen LogP contribution is 2.56. The van der Waals surface area contributed by atoms with E-state index in [0.717, 1.165) is 11.1 Å². The Balaban J connectivity index is 1.57. The van der Waals surface area contributed by atoms with Gasteiger partial charge in [0.2, 0.25) is 0 Å². The highest BCUT2D eigenvalue weighted by atomic mass is 16.2. The fourth-order valence-corrected chi connectivity index (χ4v) is 3.83. The van der Waals surface area contributed by atoms with Gasteiger partial charge in [-0.3, -0.25) is 9.59 Å². The van der Waals surface area contributed by atoms with Crippen LogP contribution in [0.3, 0.4) is 0 Å². The Kier molecular flexibility index (Phi) is 3.27. The zero-order valence-electron chi connectivity index (χ0n) is 13.9. The topological polar surface area (TPSA) is 40.4 Å². The predicted molar refractivity (Wildman–Crippen MR) is 97.1 cm³/mol. The van der Waals surface area contributed by atoms with Crippen LogP contribution in [0, 0.1) is 0 Å². The number of imide groups is 1. The normalized spacial score (nSPS) is 23.8. The Hall–Kier alpha value is -3.24. The molecular formula is C22H16N2O2. The summed E-state index contributed by atoms with van der Waals surface area (Å²) in [5.74, 6) is -0.491. The summed E-state index contributed by atoms with van der Waals surface area (Å²) in [5, 5.41) is 3.22. The highest BCUT2D eigenvalue weighted by molar-refractivity contribution is 6.21. The number of hydrazine groups is 1. The zero-order valence-corrected chi connectivity index (χ0v) is 13.9. The maximum atomic E-state index is 12.9. The molecule has 126 valence electrons. The maximum Gasteiger partial charge on any atom is 0.276 e. The van der Waals surface area contributed by atoms with Crippen molar-refractivity contribution in [3.63, 3.8) is 0 Å². The first-order valence-electron chi connectivity index (χ1n) is 8.63. The van der Waals surface area contributed by atoms with Crippen molar-refractivity contribution >= 4 is 11.8 Å². The summed E-state index contributed by atoms with van der Waals surface area (Å²) < 4.78 is 0. The first-order chi connectivity index (χ1) is 12.8. The lowest BCUT2D eigenvalue weighted by Gasteiger charge is -2.16. The molecule has 0 aliphatic carbocycles. The first-order valence-corrected chi connectivity index (χ1v) is 8.63. The number of hydrogen-bond donors (Lipinski definition) is 0. The van der Waals surface area contributed by atoms with Crippen molar-refractivity contribution in [2.24, 2.45) is 0 Å². The third-order valence-corrected chi connectivity index (χ3v) is 5.07. The summed E-state index contributed by atoms with van der Waals surface area (Å²) in [4.78, 5) is 25.8. The molecule has 4 heteroatoms. The minimum Gasteiger partial charge on any atom is -0.267 e. The van der Waals surface area contributed by atoms with Crippen LogP contribution >= 0.6 is 0 Å². The van der Waals surface area contributed by atoms with Gasteiger partial charge in [0.1, 0.15) is 0 Å². The number of fused-ring (bicyclic) bond motifs is 1. The van der Waals surface area contributed by atoms with Gasteiger partial charge in [-0.05, 0) is 23.3 Å². The molecule has 2 atom stereocenters. The highest BCUT2D eigenvalue weighted by Gasteiger charge is 2.58. The Labute approximate surface area is 151 Å². The fourth-order valence-electron chi connectivity index (χ4n) is 3.83. The standard InChI is InChI=1S/C22H16N2O2/c25-21-17-13-7-8-14-18(17)22(26)24(21)23-19(15-9-3-1-4-10-15)20(23)16-11-5-2-6-12-16/h1-14,19-20H. The molecule has 0 saturated carbocycles. The van der Waals surface area contributed by atoms with Gasteiger partial charge in [-0.1, -0.05) is 72.8 Å². The van der Waals surface area contributed by atoms with E-state index in [1.165, 1.54) is 5.01 Å². The Morgan fingerprint density at radius 1 is 0.538 bits per heavy atom. The number of carbonyl (C=O) groups excluding carboxylic acids is 2. The molecule has 1 saturated heterocycles. The van der Waals surface area contributed by atoms with E-state index in [9.17, 15) is 9.59 Å². The van der Waals surface area contributed by atoms with E-state index >= 15 is 0 Å². The molecule has 0 spiro atoms. The third kappa shape index (κ3) is 2.13. The van der Waals surface area contributed by atoms with Crippen LogP contribution in [0.15, 0.2) is 84.9 Å². The van der Waals surface area contributed by atoms with Crippen molar-refractivity contribution < 1.29 is 9.59 Å². The van der Waals surface area contributed by atoms with Gasteiger partial charge < -0.3 is 0 Å². The quantitative estimate of drug-likeness (QED) is 0.534. The lowest BCUT2D eigenvalue weighted by Crippen LogP contribution is -2.35. The molecule has 4 nitrogen and oxygen atoms in total. The van der Waals surface area contributed by atoms with Gasteiger partial charge in [-0.2, -0.15) is 5.01 Å². The van der Waals surface area contributed by atoms with Crippen LogP contribution < -0.4 is 0 Å². The van der Waals surface area contributed by atoms with Crippen molar-refractivity contribution in [1.29, 1.82) is 0 Å². The predicted octanol–water partition coefficient (Wildman–Crippen LogP) is 4.00. The van der Waals surface area contributed by atoms with Crippen molar-refractivity contribution in [3.8, 4) is 0 Å². The molecule has 5 rings (SSSR count). The molecule has 1 fully saturated rings. The lowest BCUT2D eigenvalue weighted by atomic mass is 10.0. The van der Waals surface area contributed by atoms with E-state index in [1.54, 1.807) is 24.3 Å². The molecule has 2 heterocycles. The monoisotopic (exact) mass is 340 g/mol. The second-order valence-corrected chi connectivity index (χ2v) is 6.56. The van der Waals surface area contributed by atoms with E-state index in [-0.39, 0.29) is 23.9 Å². The molecular weight excluding hydrogens is 324 g/mol. The number of carbonyl (C=O) groups is 2. The molecule has 0 aromatic heterocycles. The van der Waals surface area contributed by atoms with E-state index < -0.39 is 0 Å². The van der Waals surface area contributed by atoms with Crippen LogP contribution in [0.1, 0.15) is 43.9 Å². The van der Waals surface area contributed by atoms with Crippen LogP contribution in [-0.4, -0.2) is 21.8 Å². The molecule has 2 amide bonds. The Morgan fingerprint density at radius 3 is 1.35 bits per heavy atom. The van der Waals surface area contributed by atoms with Gasteiger partial charge in [0.15, 0.2) is 0 Å². The summed E-state index contributed by atoms with van der Waals surface area (Å²) in [6, 6.07) is 27.0. The van der Waals surface area contributed by atoms with Crippen LogP contribution in [-0.2, 0) is 0 Å². The van der Waals surface area contributed by atoms with Crippen LogP contribution in [0.5, 0.6) is 0 Å². The second kappa shape index (κ2) is 5.64. The smallest absolute Gasteiger partial charge is 0.267 e. The number of rotatable bonds is 3. The number of benzene rings is 3. The minimum absolute atomic E-state index is 0.0270. The Bertz CT molecular complexity index is 920. The summed E-state index contributed by atoms with van der Waals surface area (Å²) in [6.45, 7) is 0. The van der Waals surface area contributed by atoms with Crippen molar-refractivity contribution in [1.82, 2.24) is 10.0 Å². The van der Waals surface area contributed by atoms with Crippen LogP contribution in [0.2, 0.25) is 0 Å². The van der Waals surface area contributed by atoms with Crippen LogP contribution in [0.4, 0.5) is 0 Å². The van der Waals surface area contributed by atoms with E-state index in [2.05, 4.69) is 0 Å². The van der Waals surface area contributed by atoms with Gasteiger partial charge in [0.25, 0.3) is 11.8 Å². The van der Waals surface area contributed by atoms with E-state index in [1.807, 2.05) is 65.7 Å². The maximum absolute atomic E-state index is 12.9. The molecule has 3 aromatic carbocycles. The van der Waals surface area contributed by atoms with Crippen molar-refractivity contribution in [2.45, 2.75) is 12.1 Å². The molecule has 26 heavy (non-hydrogen) atoms. The molecule has 2 aliphatic rings. The summed E-state index contributed by atoms with van der Waals surface area (Å²) in [7, 11) is 0. The first kappa shape index (κ1) is 15.0. The van der Waals surface area contributed by atoms with Crippen LogP contribution in [0.25, 0.3) is 0 Å². The van der Waals surface area contributed by atoms with Gasteiger partial charge >= 0.3 is 0 Å². The molecule has 0 N–H and O–H groups in total. The fraction of sp³-hybridized carbons (Fsp3) is 0.0909. The van der Waals surface area contributed by atoms with E-state index in [0.29, 0.717) is 11.1 Å². The number of hydrogen-bond acceptors (Lipinski definition) is 3. The second-order valence-electron chi connectivity index (χ2n) is 6.56. The van der Waals surface area contributed by atoms with E-state index in [4.69, 9.17) is 0 Å². The van der Waals surface area contributed by atoms with Crippen molar-refractivity contribution in [3.05, 3.63) is 107 Å². The van der Waals surface area contributed by atoms with Gasteiger partial charge in [0, 0.05) is 0 Å². The van der Waals surface area contributed by atoms with Gasteiger partial charge in [0.05, 0.1) is 23.2 Å². The average Bonchev–Trinajstić information content (AvgIpc) is 3.38. The average molecular weight is 340 g/mol. The summed E-state index contributed by atoms with van der Waals surface area (Å²) in [5.41, 5.74) is 3.14. The lowest BCUT2D eigenvalue weighted by molar-refractivity contribution is 0.0341. The van der Waals surface area contributed by atoms with Gasteiger partial charge in [-0.25, -0.2) is 5.01 Å². The SMILES string of the molecule is O=C1c2ccccc2C(=O)N1N1C(c2ccccc2)C1c1ccccc1. The number of nitrogens with zero attached hydrogens (tertiary/aromatic N) is 2. The zero-order chi connectivity index (χ0) is 17.7. The van der Waals surface area contributed by atoms with Crippen molar-refractivity contribution in [2.75, 3.05) is 0 Å². The minimum atomic E-state index is -0.245. The molecule has 2 unspecified atom stereocenters. The summed E-state index contributed by atoms with van der Waals surface area (Å²) >= 11 is 0. The third-order valence-electron chi connectivity index (χ3n) is 5.07. The Morgan fingerprint density at radius 2 is 0.923 bits per heavy atom. The molecule has 3 aromatic rings. The largest absolute Gasteiger partial charge is 0.276 e. The molecule has 2 aliphatic heterocycles. The van der Waals surface area contributed by atoms with Gasteiger partial charge in [-0.15, -0.1) is 0 Å². The molecule has 0 bridgehead atoms. The summed E-state index contributed by atoms with van der Waals surface area (Å²) in [6.07, 6.45) is 0. The molecule has 0 radical (unpaired) electrons. The number of amides is 2.